The smallest absolute Gasteiger partial charge is 0.417 e. The maximum Gasteiger partial charge on any atom is 0.417 e. The summed E-state index contributed by atoms with van der Waals surface area (Å²) < 4.78 is 26.8. The summed E-state index contributed by atoms with van der Waals surface area (Å²) in [5.74, 6) is -0.660. The maximum atomic E-state index is 11.5. The summed E-state index contributed by atoms with van der Waals surface area (Å²) in [7, 11) is 0. The molecule has 3 heterocycles. The van der Waals surface area contributed by atoms with Gasteiger partial charge >= 0.3 is 5.76 Å². The lowest BCUT2D eigenvalue weighted by Crippen LogP contribution is -2.65. The van der Waals surface area contributed by atoms with E-state index in [-0.39, 0.29) is 16.8 Å². The minimum absolute atomic E-state index is 0.0691. The Hall–Kier alpha value is -2.11. The molecule has 14 nitrogen and oxygen atoms in total. The monoisotopic (exact) mass is 475 g/mol. The van der Waals surface area contributed by atoms with Gasteiger partial charge in [-0.25, -0.2) is 4.79 Å². The number of H-pyrrole nitrogens is 1. The number of hydrogen-bond donors (Lipinski definition) is 8. The average molecular weight is 475 g/mol. The molecule has 33 heavy (non-hydrogen) atoms. The van der Waals surface area contributed by atoms with Gasteiger partial charge in [-0.15, -0.1) is 0 Å². The van der Waals surface area contributed by atoms with E-state index < -0.39 is 80.4 Å². The first-order chi connectivity index (χ1) is 15.7. The van der Waals surface area contributed by atoms with E-state index >= 15 is 0 Å². The standard InChI is InChI=1S/C19H25NO13/c21-4-8-11(23)12(24)14(26)18(30-8)33-16-9(5-22)31-17(15(27)13(16)25)29-6-2-1-3-7-10(6)20-19(28)32-7/h1-3,8-9,11-18,21-27H,4-5H2,(H,20,28)/t8-,9-,11+,12+,13-,14-,15+,16-,17-,18+/m1/s1. The van der Waals surface area contributed by atoms with Gasteiger partial charge in [0.1, 0.15) is 54.3 Å². The third-order valence-electron chi connectivity index (χ3n) is 5.62. The van der Waals surface area contributed by atoms with Gasteiger partial charge in [-0.3, -0.25) is 4.98 Å². The van der Waals surface area contributed by atoms with E-state index in [0.29, 0.717) is 0 Å². The van der Waals surface area contributed by atoms with Gasteiger partial charge in [0.25, 0.3) is 0 Å². The molecule has 2 fully saturated rings. The lowest BCUT2D eigenvalue weighted by Gasteiger charge is -2.45. The minimum atomic E-state index is -1.77. The number of aromatic amines is 1. The van der Waals surface area contributed by atoms with Crippen LogP contribution in [0.25, 0.3) is 11.1 Å². The number of oxazole rings is 1. The lowest BCUT2D eigenvalue weighted by atomic mass is 9.97. The number of aliphatic hydroxyl groups excluding tert-OH is 7. The average Bonchev–Trinajstić information content (AvgIpc) is 3.19. The van der Waals surface area contributed by atoms with Crippen molar-refractivity contribution < 1.29 is 59.1 Å². The Balaban J connectivity index is 1.51. The van der Waals surface area contributed by atoms with Crippen molar-refractivity contribution in [2.45, 2.75) is 61.4 Å². The van der Waals surface area contributed by atoms with Crippen molar-refractivity contribution in [1.82, 2.24) is 4.98 Å². The molecule has 10 atom stereocenters. The molecule has 2 aromatic rings. The number of ether oxygens (including phenoxy) is 4. The second-order valence-electron chi connectivity index (χ2n) is 7.77. The number of para-hydroxylation sites is 1. The maximum absolute atomic E-state index is 11.5. The molecule has 2 saturated heterocycles. The summed E-state index contributed by atoms with van der Waals surface area (Å²) in [4.78, 5) is 13.9. The summed E-state index contributed by atoms with van der Waals surface area (Å²) in [5.41, 5.74) is 0.374. The number of aromatic nitrogens is 1. The van der Waals surface area contributed by atoms with Crippen molar-refractivity contribution in [2.75, 3.05) is 13.2 Å². The van der Waals surface area contributed by atoms with Crippen LogP contribution in [0.3, 0.4) is 0 Å². The normalized spacial score (nSPS) is 39.6. The van der Waals surface area contributed by atoms with Gasteiger partial charge in [0.2, 0.25) is 6.29 Å². The zero-order valence-corrected chi connectivity index (χ0v) is 17.0. The molecule has 0 saturated carbocycles. The van der Waals surface area contributed by atoms with Crippen LogP contribution in [0.1, 0.15) is 0 Å². The van der Waals surface area contributed by atoms with Crippen molar-refractivity contribution in [2.24, 2.45) is 0 Å². The minimum Gasteiger partial charge on any atom is -0.460 e. The van der Waals surface area contributed by atoms with Crippen molar-refractivity contribution in [3.8, 4) is 5.75 Å². The highest BCUT2D eigenvalue weighted by atomic mass is 16.7. The SMILES string of the molecule is O=c1[nH]c2c(O[C@@H]3O[C@H](CO)[C@@H](O[C@@H]4O[C@H](CO)[C@H](O)[C@H](O)[C@H]4O)[C@H](O)[C@@H]3O)cccc2o1. The molecular weight excluding hydrogens is 450 g/mol. The van der Waals surface area contributed by atoms with Gasteiger partial charge in [0.05, 0.1) is 13.2 Å². The van der Waals surface area contributed by atoms with Crippen molar-refractivity contribution >= 4 is 11.1 Å². The molecule has 8 N–H and O–H groups in total. The van der Waals surface area contributed by atoms with Gasteiger partial charge in [0.15, 0.2) is 17.6 Å². The van der Waals surface area contributed by atoms with Crippen LogP contribution in [0.4, 0.5) is 0 Å². The molecule has 0 unspecified atom stereocenters. The van der Waals surface area contributed by atoms with E-state index in [4.69, 9.17) is 23.4 Å². The summed E-state index contributed by atoms with van der Waals surface area (Å²) in [6.07, 6.45) is -15.7. The second kappa shape index (κ2) is 9.63. The molecule has 0 spiro atoms. The molecule has 1 aromatic carbocycles. The van der Waals surface area contributed by atoms with E-state index in [0.717, 1.165) is 0 Å². The molecule has 1 aromatic heterocycles. The first-order valence-electron chi connectivity index (χ1n) is 10.1. The molecule has 4 rings (SSSR count). The Morgan fingerprint density at radius 1 is 0.848 bits per heavy atom. The van der Waals surface area contributed by atoms with Gasteiger partial charge in [-0.05, 0) is 12.1 Å². The largest absolute Gasteiger partial charge is 0.460 e. The number of hydrogen-bond acceptors (Lipinski definition) is 13. The van der Waals surface area contributed by atoms with Gasteiger partial charge in [0, 0.05) is 0 Å². The van der Waals surface area contributed by atoms with E-state index in [1.807, 2.05) is 0 Å². The fourth-order valence-corrected chi connectivity index (χ4v) is 3.82. The molecule has 2 aliphatic rings. The zero-order valence-electron chi connectivity index (χ0n) is 17.0. The third-order valence-corrected chi connectivity index (χ3v) is 5.62. The van der Waals surface area contributed by atoms with Crippen LogP contribution >= 0.6 is 0 Å². The number of rotatable bonds is 6. The van der Waals surface area contributed by atoms with Gasteiger partial charge < -0.3 is 59.1 Å². The van der Waals surface area contributed by atoms with E-state index in [2.05, 4.69) is 4.98 Å². The predicted octanol–water partition coefficient (Wildman–Crippen LogP) is -3.88. The summed E-state index contributed by atoms with van der Waals surface area (Å²) >= 11 is 0. The van der Waals surface area contributed by atoms with E-state index in [1.54, 1.807) is 0 Å². The fraction of sp³-hybridized carbons (Fsp3) is 0.632. The van der Waals surface area contributed by atoms with Gasteiger partial charge in [-0.1, -0.05) is 6.07 Å². The first-order valence-corrected chi connectivity index (χ1v) is 10.1. The Kier molecular flexibility index (Phi) is 7.01. The highest BCUT2D eigenvalue weighted by molar-refractivity contribution is 5.79. The van der Waals surface area contributed by atoms with E-state index in [9.17, 15) is 40.5 Å². The number of fused-ring (bicyclic) bond motifs is 1. The Morgan fingerprint density at radius 3 is 2.21 bits per heavy atom. The summed E-state index contributed by atoms with van der Waals surface area (Å²) in [6.45, 7) is -1.41. The molecule has 0 amide bonds. The van der Waals surface area contributed by atoms with Crippen LogP contribution < -0.4 is 10.5 Å². The summed E-state index contributed by atoms with van der Waals surface area (Å²) in [6, 6.07) is 4.49. The molecule has 184 valence electrons. The van der Waals surface area contributed by atoms with Crippen molar-refractivity contribution in [3.05, 3.63) is 28.7 Å². The lowest BCUT2D eigenvalue weighted by molar-refractivity contribution is -0.352. The van der Waals surface area contributed by atoms with Crippen molar-refractivity contribution in [1.29, 1.82) is 0 Å². The Labute approximate surface area is 185 Å². The first kappa shape index (κ1) is 24.0. The topological polar surface area (TPSA) is 225 Å². The van der Waals surface area contributed by atoms with Crippen LogP contribution in [0.15, 0.2) is 27.4 Å². The van der Waals surface area contributed by atoms with Gasteiger partial charge in [-0.2, -0.15) is 0 Å². The quantitative estimate of drug-likeness (QED) is 0.200. The highest BCUT2D eigenvalue weighted by Crippen LogP contribution is 2.31. The Morgan fingerprint density at radius 2 is 1.52 bits per heavy atom. The molecule has 2 aliphatic heterocycles. The predicted molar refractivity (Wildman–Crippen MR) is 104 cm³/mol. The van der Waals surface area contributed by atoms with Crippen LogP contribution in [0.2, 0.25) is 0 Å². The number of aliphatic hydroxyl groups is 7. The Bertz CT molecular complexity index is 989. The zero-order chi connectivity index (χ0) is 23.9. The molecule has 0 bridgehead atoms. The fourth-order valence-electron chi connectivity index (χ4n) is 3.82. The second-order valence-corrected chi connectivity index (χ2v) is 7.77. The molecule has 0 radical (unpaired) electrons. The number of benzene rings is 1. The van der Waals surface area contributed by atoms with Crippen LogP contribution in [0.5, 0.6) is 5.75 Å². The number of nitrogens with one attached hydrogen (secondary N) is 1. The van der Waals surface area contributed by atoms with Crippen LogP contribution in [0, 0.1) is 0 Å². The van der Waals surface area contributed by atoms with Crippen molar-refractivity contribution in [3.63, 3.8) is 0 Å². The van der Waals surface area contributed by atoms with E-state index in [1.165, 1.54) is 18.2 Å². The third kappa shape index (κ3) is 4.50. The molecule has 14 heteroatoms. The highest BCUT2D eigenvalue weighted by Gasteiger charge is 2.51. The summed E-state index contributed by atoms with van der Waals surface area (Å²) in [5, 5.41) is 70.2. The molecule has 0 aliphatic carbocycles. The van der Waals surface area contributed by atoms with Crippen LogP contribution in [-0.4, -0.2) is 115 Å². The molecular formula is C19H25NO13. The van der Waals surface area contributed by atoms with Crippen LogP contribution in [-0.2, 0) is 14.2 Å².